The Morgan fingerprint density at radius 1 is 1.41 bits per heavy atom. The second-order valence-corrected chi connectivity index (χ2v) is 3.59. The first-order valence-electron chi connectivity index (χ1n) is 5.03. The summed E-state index contributed by atoms with van der Waals surface area (Å²) in [5.74, 6) is -1.03. The Balaban J connectivity index is 2.25. The maximum atomic E-state index is 11.1. The van der Waals surface area contributed by atoms with Gasteiger partial charge in [-0.3, -0.25) is 4.52 Å². The van der Waals surface area contributed by atoms with Gasteiger partial charge < -0.3 is 5.11 Å². The maximum absolute atomic E-state index is 11.1. The molecule has 1 aromatic heterocycles. The highest BCUT2D eigenvalue weighted by molar-refractivity contribution is 5.70. The van der Waals surface area contributed by atoms with E-state index in [0.29, 0.717) is 0 Å². The van der Waals surface area contributed by atoms with Crippen LogP contribution in [0.15, 0.2) is 45.8 Å². The zero-order chi connectivity index (χ0) is 12.3. The second-order valence-electron chi connectivity index (χ2n) is 3.59. The first-order valence-corrected chi connectivity index (χ1v) is 5.03. The van der Waals surface area contributed by atoms with Gasteiger partial charge in [0.05, 0.1) is 0 Å². The highest BCUT2D eigenvalue weighted by Crippen LogP contribution is 2.08. The molecule has 1 atom stereocenters. The second kappa shape index (κ2) is 4.65. The van der Waals surface area contributed by atoms with Crippen LogP contribution >= 0.6 is 0 Å². The summed E-state index contributed by atoms with van der Waals surface area (Å²) in [7, 11) is 0. The van der Waals surface area contributed by atoms with Crippen LogP contribution in [-0.2, 0) is 11.2 Å². The Morgan fingerprint density at radius 2 is 2.12 bits per heavy atom. The average Bonchev–Trinajstić information content (AvgIpc) is 2.73. The number of aliphatic carboxylic acids is 1. The van der Waals surface area contributed by atoms with Crippen molar-refractivity contribution in [3.8, 4) is 0 Å². The molecule has 0 bridgehead atoms. The van der Waals surface area contributed by atoms with Gasteiger partial charge in [-0.2, -0.15) is 0 Å². The molecular weight excluding hydrogens is 224 g/mol. The largest absolute Gasteiger partial charge is 0.476 e. The zero-order valence-electron chi connectivity index (χ0n) is 8.87. The van der Waals surface area contributed by atoms with Crippen LogP contribution in [0.2, 0.25) is 0 Å². The van der Waals surface area contributed by atoms with Gasteiger partial charge in [-0.15, -0.1) is 0 Å². The minimum Gasteiger partial charge on any atom is -0.476 e. The van der Waals surface area contributed by atoms with E-state index in [0.717, 1.165) is 16.4 Å². The lowest BCUT2D eigenvalue weighted by molar-refractivity contribution is -0.773. The number of hydrogen-bond donors (Lipinski definition) is 2. The fourth-order valence-corrected chi connectivity index (χ4v) is 1.56. The molecule has 0 saturated heterocycles. The van der Waals surface area contributed by atoms with Gasteiger partial charge in [-0.1, -0.05) is 35.0 Å². The van der Waals surface area contributed by atoms with Crippen molar-refractivity contribution in [1.82, 2.24) is 5.27 Å². The molecule has 0 spiro atoms. The normalized spacial score (nSPS) is 12.2. The van der Waals surface area contributed by atoms with E-state index in [1.807, 2.05) is 30.3 Å². The van der Waals surface area contributed by atoms with Crippen LogP contribution in [0.3, 0.4) is 0 Å². The lowest BCUT2D eigenvalue weighted by Gasteiger charge is -2.03. The van der Waals surface area contributed by atoms with E-state index in [9.17, 15) is 9.59 Å². The van der Waals surface area contributed by atoms with Crippen LogP contribution in [-0.4, -0.2) is 16.3 Å². The highest BCUT2D eigenvalue weighted by Gasteiger charge is 2.30. The third kappa shape index (κ3) is 2.60. The minimum absolute atomic E-state index is 0.274. The molecule has 88 valence electrons. The number of aromatic amines is 1. The average molecular weight is 235 g/mol. The molecule has 0 unspecified atom stereocenters. The van der Waals surface area contributed by atoms with Gasteiger partial charge in [0.2, 0.25) is 0 Å². The van der Waals surface area contributed by atoms with Gasteiger partial charge in [0, 0.05) is 6.42 Å². The molecule has 6 nitrogen and oxygen atoms in total. The molecule has 0 aliphatic rings. The first kappa shape index (κ1) is 11.1. The SMILES string of the molecule is O=C(O)[C@@H](Cc1ccccc1)[n+]1cc(=O)o[nH]1. The van der Waals surface area contributed by atoms with Crippen LogP contribution in [0.1, 0.15) is 11.6 Å². The molecule has 6 heteroatoms. The number of carboxylic acid groups (broad SMARTS) is 1. The van der Waals surface area contributed by atoms with Gasteiger partial charge in [0.1, 0.15) is 0 Å². The maximum Gasteiger partial charge on any atom is 0.426 e. The van der Waals surface area contributed by atoms with E-state index >= 15 is 0 Å². The fraction of sp³-hybridized carbons (Fsp3) is 0.182. The molecule has 17 heavy (non-hydrogen) atoms. The Morgan fingerprint density at radius 3 is 2.65 bits per heavy atom. The number of carboxylic acids is 1. The summed E-state index contributed by atoms with van der Waals surface area (Å²) in [4.78, 5) is 22.0. The fourth-order valence-electron chi connectivity index (χ4n) is 1.56. The van der Waals surface area contributed by atoms with E-state index < -0.39 is 17.6 Å². The molecule has 2 rings (SSSR count). The number of aromatic nitrogens is 2. The van der Waals surface area contributed by atoms with Crippen LogP contribution in [0.4, 0.5) is 0 Å². The van der Waals surface area contributed by atoms with E-state index in [4.69, 9.17) is 5.11 Å². The van der Waals surface area contributed by atoms with Crippen molar-refractivity contribution in [3.63, 3.8) is 0 Å². The lowest BCUT2D eigenvalue weighted by Crippen LogP contribution is -2.46. The van der Waals surface area contributed by atoms with Crippen LogP contribution in [0.25, 0.3) is 0 Å². The van der Waals surface area contributed by atoms with Gasteiger partial charge in [-0.25, -0.2) is 9.59 Å². The summed E-state index contributed by atoms with van der Waals surface area (Å²) in [6.07, 6.45) is 1.36. The van der Waals surface area contributed by atoms with Gasteiger partial charge in [-0.05, 0) is 10.8 Å². The molecule has 0 fully saturated rings. The number of benzene rings is 1. The van der Waals surface area contributed by atoms with Crippen LogP contribution in [0.5, 0.6) is 0 Å². The van der Waals surface area contributed by atoms with Crippen molar-refractivity contribution in [2.24, 2.45) is 0 Å². The standard InChI is InChI=1S/C11H10N2O4/c14-10-7-13(12-17-10)9(11(15)16)6-8-4-2-1-3-5-8/h1-5,7,9H,6H2,(H-,12,14,15,16)/p+1/t9-/m1/s1. The number of nitrogens with zero attached hydrogens (tertiary/aromatic N) is 1. The van der Waals surface area contributed by atoms with Crippen LogP contribution in [0, 0.1) is 0 Å². The molecule has 0 radical (unpaired) electrons. The van der Waals surface area contributed by atoms with Crippen LogP contribution < -0.4 is 10.3 Å². The summed E-state index contributed by atoms with van der Waals surface area (Å²) in [5.41, 5.74) is 0.263. The van der Waals surface area contributed by atoms with Crippen molar-refractivity contribution >= 4 is 5.97 Å². The van der Waals surface area contributed by atoms with Gasteiger partial charge >= 0.3 is 11.6 Å². The third-order valence-electron chi connectivity index (χ3n) is 2.39. The van der Waals surface area contributed by atoms with Crippen molar-refractivity contribution in [2.45, 2.75) is 12.5 Å². The molecular formula is C11H11N2O4+. The predicted octanol–water partition coefficient (Wildman–Crippen LogP) is 0.124. The Labute approximate surface area is 96.1 Å². The molecule has 2 aromatic rings. The molecule has 0 amide bonds. The molecule has 0 aliphatic carbocycles. The molecule has 1 heterocycles. The summed E-state index contributed by atoms with van der Waals surface area (Å²) in [6.45, 7) is 0. The first-order chi connectivity index (χ1) is 8.16. The smallest absolute Gasteiger partial charge is 0.426 e. The molecule has 0 saturated carbocycles. The number of H-pyrrole nitrogens is 1. The topological polar surface area (TPSA) is 87.2 Å². The Bertz CT molecular complexity index is 558. The zero-order valence-corrected chi connectivity index (χ0v) is 8.87. The lowest BCUT2D eigenvalue weighted by atomic mass is 10.1. The predicted molar refractivity (Wildman–Crippen MR) is 56.3 cm³/mol. The van der Waals surface area contributed by atoms with E-state index in [2.05, 4.69) is 9.79 Å². The van der Waals surface area contributed by atoms with Crippen molar-refractivity contribution in [3.05, 3.63) is 52.5 Å². The molecule has 2 N–H and O–H groups in total. The molecule has 1 aromatic carbocycles. The van der Waals surface area contributed by atoms with Gasteiger partial charge in [0.15, 0.2) is 0 Å². The number of rotatable bonds is 4. The number of nitrogens with one attached hydrogen (secondary N) is 1. The van der Waals surface area contributed by atoms with Crippen molar-refractivity contribution in [2.75, 3.05) is 0 Å². The van der Waals surface area contributed by atoms with Gasteiger partial charge in [0.25, 0.3) is 12.2 Å². The Hall–Kier alpha value is -2.37. The van der Waals surface area contributed by atoms with Crippen molar-refractivity contribution in [1.29, 1.82) is 0 Å². The third-order valence-corrected chi connectivity index (χ3v) is 2.39. The summed E-state index contributed by atoms with van der Waals surface area (Å²) >= 11 is 0. The quantitative estimate of drug-likeness (QED) is 0.737. The summed E-state index contributed by atoms with van der Waals surface area (Å²) in [5, 5.41) is 11.4. The Kier molecular flexibility index (Phi) is 3.04. The minimum atomic E-state index is -1.03. The van der Waals surface area contributed by atoms with E-state index in [1.165, 1.54) is 0 Å². The van der Waals surface area contributed by atoms with E-state index in [-0.39, 0.29) is 6.42 Å². The summed E-state index contributed by atoms with van der Waals surface area (Å²) < 4.78 is 5.60. The summed E-state index contributed by atoms with van der Waals surface area (Å²) in [6, 6.07) is 8.28. The molecule has 0 aliphatic heterocycles. The van der Waals surface area contributed by atoms with E-state index in [1.54, 1.807) is 0 Å². The number of hydrogen-bond acceptors (Lipinski definition) is 3. The number of carbonyl (C=O) groups is 1. The monoisotopic (exact) mass is 235 g/mol. The highest BCUT2D eigenvalue weighted by atomic mass is 16.5. The van der Waals surface area contributed by atoms with Crippen molar-refractivity contribution < 1.29 is 19.1 Å².